The second-order valence-electron chi connectivity index (χ2n) is 25.2. The molecule has 7 rings (SSSR count). The Balaban J connectivity index is 0.000000593. The smallest absolute Gasteiger partial charge is 0.406 e. The summed E-state index contributed by atoms with van der Waals surface area (Å²) < 4.78 is 179. The second-order valence-corrected chi connectivity index (χ2v) is 27.4. The van der Waals surface area contributed by atoms with Crippen LogP contribution in [0.25, 0.3) is 42.5 Å². The van der Waals surface area contributed by atoms with Gasteiger partial charge < -0.3 is 4.74 Å². The third kappa shape index (κ3) is 44.1. The number of aryl methyl sites for hydroxylation is 1. The molecule has 0 atom stereocenters. The zero-order chi connectivity index (χ0) is 77.0. The Morgan fingerprint density at radius 1 is 0.337 bits per heavy atom. The largest absolute Gasteiger partial charge is 0.573 e. The molecule has 19 heteroatoms. The molecule has 0 aliphatic heterocycles. The van der Waals surface area contributed by atoms with Crippen LogP contribution < -0.4 is 4.74 Å². The summed E-state index contributed by atoms with van der Waals surface area (Å²) >= 11 is 21.0. The van der Waals surface area contributed by atoms with Crippen molar-refractivity contribution < 1.29 is 66.2 Å². The number of hydrogen-bond acceptors (Lipinski definition) is 1. The summed E-state index contributed by atoms with van der Waals surface area (Å²) in [6.45, 7) is 30.6. The standard InChI is InChI=1S/C13H12F6.C12H12ClF3.C12H13F3O.C12H16.C11H13Br.C11H12Cl2.C11H12F2/c1-8(2)3-4-9-5-10(12(14,15)16)7-11(6-9)13(17,18)19;1-8(2)3-4-9-5-6-10(11(13)7-9)12(14,15)16;1-9(2)6-7-10-4-3-5-11(8-10)16-12(13,14)15;1-10(2)7-8-12-6-4-5-11(3)9-12;1-9(2)6-7-10-4-3-5-11(12)8-10;1-8(2)6-7-9-10(12)4-3-5-11(9)13;1-8(2)3-4-9-5-10(12)7-11(13)6-9/h3-8H,1-2H3;3-8H,1-2H3;3-9H,1-2H3;4-10H,1-3H3;3-9H,1-2H3;2*3-8H,1-2H3/b2*4-3+;7-6+;8-7+;2*7-6+;4-3+. The molecule has 0 fully saturated rings. The van der Waals surface area contributed by atoms with Gasteiger partial charge in [-0.1, -0.05) is 299 Å². The SMILES string of the molecule is CC(C)/C=C/c1c(Cl)cccc1Cl.CC(C)/C=C/c1cc(C(F)(F)F)cc(C(F)(F)F)c1.CC(C)/C=C/c1cc(F)cc(F)c1.CC(C)/C=C/c1ccc(C(F)(F)F)c(Cl)c1.CC(C)/C=C/c1cccc(Br)c1.CC(C)/C=C/c1cccc(OC(F)(F)F)c1.Cc1cccc(/C=C/C(C)C)c1. The fourth-order valence-corrected chi connectivity index (χ4v) is 8.83. The highest BCUT2D eigenvalue weighted by Crippen LogP contribution is 2.38. The monoisotopic (exact) mass is 1540 g/mol. The van der Waals surface area contributed by atoms with Crippen LogP contribution in [0.1, 0.15) is 158 Å². The van der Waals surface area contributed by atoms with Crippen LogP contribution in [0.2, 0.25) is 15.1 Å². The first-order valence-electron chi connectivity index (χ1n) is 32.2. The van der Waals surface area contributed by atoms with E-state index in [9.17, 15) is 61.5 Å². The van der Waals surface area contributed by atoms with Crippen LogP contribution in [0.3, 0.4) is 0 Å². The van der Waals surface area contributed by atoms with Gasteiger partial charge in [0.2, 0.25) is 0 Å². The Kier molecular flexibility index (Phi) is 41.7. The number of rotatable bonds is 15. The third-order valence-corrected chi connectivity index (χ3v) is 13.9. The average Bonchev–Trinajstić information content (AvgIpc) is 0.807. The van der Waals surface area contributed by atoms with E-state index >= 15 is 0 Å². The van der Waals surface area contributed by atoms with Crippen LogP contribution in [-0.4, -0.2) is 6.36 Å². The van der Waals surface area contributed by atoms with Crippen molar-refractivity contribution in [3.8, 4) is 5.75 Å². The first kappa shape index (κ1) is 91.9. The Morgan fingerprint density at radius 2 is 0.683 bits per heavy atom. The molecule has 7 aromatic carbocycles. The molecule has 550 valence electrons. The molecule has 0 spiro atoms. The van der Waals surface area contributed by atoms with Crippen molar-refractivity contribution in [2.45, 2.75) is 129 Å². The highest BCUT2D eigenvalue weighted by molar-refractivity contribution is 9.10. The summed E-state index contributed by atoms with van der Waals surface area (Å²) in [7, 11) is 0. The van der Waals surface area contributed by atoms with Gasteiger partial charge in [0, 0.05) is 26.1 Å². The molecule has 7 aromatic rings. The van der Waals surface area contributed by atoms with Gasteiger partial charge >= 0.3 is 24.9 Å². The van der Waals surface area contributed by atoms with Gasteiger partial charge in [0.1, 0.15) is 17.4 Å². The number of ether oxygens (including phenoxy) is 1. The minimum absolute atomic E-state index is 0.0314. The molecule has 0 saturated carbocycles. The van der Waals surface area contributed by atoms with Gasteiger partial charge in [-0.2, -0.15) is 39.5 Å². The Morgan fingerprint density at radius 3 is 1.05 bits per heavy atom. The topological polar surface area (TPSA) is 9.23 Å². The van der Waals surface area contributed by atoms with E-state index in [1.54, 1.807) is 38.1 Å². The molecule has 1 nitrogen and oxygen atoms in total. The van der Waals surface area contributed by atoms with Crippen LogP contribution in [0.4, 0.5) is 61.5 Å². The van der Waals surface area contributed by atoms with Crippen LogP contribution in [-0.2, 0) is 18.5 Å². The minimum atomic E-state index is -4.80. The van der Waals surface area contributed by atoms with E-state index in [-0.39, 0.29) is 28.3 Å². The van der Waals surface area contributed by atoms with Gasteiger partial charge in [-0.25, -0.2) is 8.78 Å². The van der Waals surface area contributed by atoms with Crippen molar-refractivity contribution in [1.29, 1.82) is 0 Å². The normalized spacial score (nSPS) is 12.2. The Labute approximate surface area is 612 Å². The lowest BCUT2D eigenvalue weighted by molar-refractivity contribution is -0.274. The maximum absolute atomic E-state index is 12.7. The third-order valence-electron chi connectivity index (χ3n) is 12.5. The fraction of sp³-hybridized carbons (Fsp3) is 0.317. The summed E-state index contributed by atoms with van der Waals surface area (Å²) in [4.78, 5) is 0. The summed E-state index contributed by atoms with van der Waals surface area (Å²) in [5.74, 6) is 1.59. The molecule has 0 radical (unpaired) electrons. The molecule has 0 aliphatic carbocycles. The minimum Gasteiger partial charge on any atom is -0.406 e. The summed E-state index contributed by atoms with van der Waals surface area (Å²) in [6.07, 6.45) is 7.90. The van der Waals surface area contributed by atoms with E-state index in [0.29, 0.717) is 74.4 Å². The zero-order valence-electron chi connectivity index (χ0n) is 59.2. The lowest BCUT2D eigenvalue weighted by Crippen LogP contribution is -2.17. The lowest BCUT2D eigenvalue weighted by atomic mass is 10.0. The summed E-state index contributed by atoms with van der Waals surface area (Å²) in [5, 5.41) is 1.13. The zero-order valence-corrected chi connectivity index (χ0v) is 63.0. The van der Waals surface area contributed by atoms with E-state index in [2.05, 4.69) is 136 Å². The number of allylic oxidation sites excluding steroid dienone is 7. The Hall–Kier alpha value is -7.11. The number of halogens is 18. The average molecular weight is 1540 g/mol. The van der Waals surface area contributed by atoms with Gasteiger partial charge in [0.15, 0.2) is 0 Å². The van der Waals surface area contributed by atoms with E-state index < -0.39 is 53.2 Å². The van der Waals surface area contributed by atoms with Crippen molar-refractivity contribution in [2.24, 2.45) is 41.4 Å². The van der Waals surface area contributed by atoms with E-state index in [0.717, 1.165) is 22.2 Å². The number of alkyl halides is 12. The lowest BCUT2D eigenvalue weighted by Gasteiger charge is -2.13. The predicted octanol–water partition coefficient (Wildman–Crippen LogP) is 30.8. The molecular formula is C82H90BrCl3F14O. The van der Waals surface area contributed by atoms with Crippen molar-refractivity contribution in [2.75, 3.05) is 0 Å². The van der Waals surface area contributed by atoms with Crippen molar-refractivity contribution in [3.63, 3.8) is 0 Å². The molecule has 0 aromatic heterocycles. The second kappa shape index (κ2) is 45.8. The van der Waals surface area contributed by atoms with E-state index in [1.165, 1.54) is 71.3 Å². The maximum atomic E-state index is 12.7. The molecule has 0 aliphatic rings. The summed E-state index contributed by atoms with van der Waals surface area (Å²) in [6, 6.07) is 37.0. The van der Waals surface area contributed by atoms with Gasteiger partial charge in [-0.05, 0) is 161 Å². The first-order chi connectivity index (χ1) is 46.7. The van der Waals surface area contributed by atoms with Crippen LogP contribution in [0, 0.1) is 60.0 Å². The number of hydrogen-bond donors (Lipinski definition) is 0. The highest BCUT2D eigenvalue weighted by atomic mass is 79.9. The molecule has 101 heavy (non-hydrogen) atoms. The maximum Gasteiger partial charge on any atom is 0.573 e. The highest BCUT2D eigenvalue weighted by Gasteiger charge is 2.37. The van der Waals surface area contributed by atoms with Crippen LogP contribution in [0.15, 0.2) is 193 Å². The molecule has 0 bridgehead atoms. The van der Waals surface area contributed by atoms with Crippen LogP contribution >= 0.6 is 50.7 Å². The summed E-state index contributed by atoms with van der Waals surface area (Å²) in [5.41, 5.74) is 3.18. The fourth-order valence-electron chi connectivity index (χ4n) is 7.59. The van der Waals surface area contributed by atoms with E-state index in [1.807, 2.05) is 96.2 Å². The number of benzene rings is 7. The van der Waals surface area contributed by atoms with Crippen molar-refractivity contribution in [1.82, 2.24) is 0 Å². The quantitative estimate of drug-likeness (QED) is 0.0930. The molecule has 0 unspecified atom stereocenters. The van der Waals surface area contributed by atoms with Gasteiger partial charge in [0.25, 0.3) is 0 Å². The van der Waals surface area contributed by atoms with Gasteiger partial charge in [-0.15, -0.1) is 13.2 Å². The molecule has 0 heterocycles. The van der Waals surface area contributed by atoms with Gasteiger partial charge in [-0.3, -0.25) is 0 Å². The molecule has 0 N–H and O–H groups in total. The van der Waals surface area contributed by atoms with Crippen molar-refractivity contribution >= 4 is 93.3 Å². The first-order valence-corrected chi connectivity index (χ1v) is 34.2. The van der Waals surface area contributed by atoms with E-state index in [4.69, 9.17) is 34.8 Å². The van der Waals surface area contributed by atoms with Crippen molar-refractivity contribution in [3.05, 3.63) is 280 Å². The molecular weight excluding hydrogens is 1450 g/mol. The molecule has 0 saturated heterocycles. The van der Waals surface area contributed by atoms with Gasteiger partial charge in [0.05, 0.1) is 21.7 Å². The van der Waals surface area contributed by atoms with Crippen LogP contribution in [0.5, 0.6) is 5.75 Å². The molecule has 0 amide bonds. The predicted molar refractivity (Wildman–Crippen MR) is 401 cm³/mol. The Bertz CT molecular complexity index is 3650.